The maximum Gasteiger partial charge on any atom is 0.247 e. The third-order valence-electron chi connectivity index (χ3n) is 3.49. The van der Waals surface area contributed by atoms with Crippen LogP contribution >= 0.6 is 0 Å². The predicted molar refractivity (Wildman–Crippen MR) is 82.9 cm³/mol. The topological polar surface area (TPSA) is 78.9 Å². The Morgan fingerprint density at radius 2 is 1.96 bits per heavy atom. The molecule has 0 atom stereocenters. The van der Waals surface area contributed by atoms with Crippen molar-refractivity contribution in [3.05, 3.63) is 54.4 Å². The van der Waals surface area contributed by atoms with Crippen molar-refractivity contribution in [2.45, 2.75) is 6.54 Å². The van der Waals surface area contributed by atoms with E-state index in [1.54, 1.807) is 11.8 Å². The standard InChI is InChI=1S/C16H13N5O2/c1-22-12-6-4-5-11(9-12)16-19-18-15(23-16)10-21-14-8-3-2-7-13(14)17-20-21/h2-9H,10H2,1H3. The minimum Gasteiger partial charge on any atom is -0.497 e. The van der Waals surface area contributed by atoms with Gasteiger partial charge in [0.05, 0.1) is 12.6 Å². The summed E-state index contributed by atoms with van der Waals surface area (Å²) in [5.74, 6) is 1.66. The lowest BCUT2D eigenvalue weighted by atomic mass is 10.2. The molecule has 0 unspecified atom stereocenters. The van der Waals surface area contributed by atoms with Crippen LogP contribution in [0.2, 0.25) is 0 Å². The van der Waals surface area contributed by atoms with E-state index in [-0.39, 0.29) is 0 Å². The molecule has 0 spiro atoms. The highest BCUT2D eigenvalue weighted by Crippen LogP contribution is 2.23. The molecule has 0 N–H and O–H groups in total. The van der Waals surface area contributed by atoms with Crippen LogP contribution in [0.25, 0.3) is 22.5 Å². The van der Waals surface area contributed by atoms with E-state index < -0.39 is 0 Å². The Hall–Kier alpha value is -3.22. The van der Waals surface area contributed by atoms with Gasteiger partial charge in [-0.3, -0.25) is 0 Å². The van der Waals surface area contributed by atoms with Gasteiger partial charge in [-0.2, -0.15) is 0 Å². The van der Waals surface area contributed by atoms with Gasteiger partial charge in [-0.05, 0) is 30.3 Å². The first-order chi connectivity index (χ1) is 11.3. The quantitative estimate of drug-likeness (QED) is 0.576. The summed E-state index contributed by atoms with van der Waals surface area (Å²) in [6.45, 7) is 0.373. The molecule has 0 aliphatic heterocycles. The first-order valence-corrected chi connectivity index (χ1v) is 7.08. The average molecular weight is 307 g/mol. The van der Waals surface area contributed by atoms with Crippen LogP contribution in [-0.2, 0) is 6.54 Å². The van der Waals surface area contributed by atoms with E-state index in [0.29, 0.717) is 18.3 Å². The van der Waals surface area contributed by atoms with E-state index in [2.05, 4.69) is 20.5 Å². The molecule has 4 rings (SSSR count). The summed E-state index contributed by atoms with van der Waals surface area (Å²) in [6, 6.07) is 15.2. The molecule has 114 valence electrons. The Bertz CT molecular complexity index is 960. The molecule has 0 fully saturated rings. The van der Waals surface area contributed by atoms with Gasteiger partial charge in [0.25, 0.3) is 0 Å². The molecule has 7 heteroatoms. The van der Waals surface area contributed by atoms with E-state index in [9.17, 15) is 0 Å². The number of fused-ring (bicyclic) bond motifs is 1. The van der Waals surface area contributed by atoms with Crippen LogP contribution in [0, 0.1) is 0 Å². The van der Waals surface area contributed by atoms with Gasteiger partial charge in [0.2, 0.25) is 11.8 Å². The molecule has 0 saturated carbocycles. The first-order valence-electron chi connectivity index (χ1n) is 7.08. The molecule has 23 heavy (non-hydrogen) atoms. The van der Waals surface area contributed by atoms with Crippen molar-refractivity contribution >= 4 is 11.0 Å². The van der Waals surface area contributed by atoms with Crippen LogP contribution in [0.5, 0.6) is 5.75 Å². The molecule has 0 bridgehead atoms. The van der Waals surface area contributed by atoms with E-state index in [4.69, 9.17) is 9.15 Å². The molecular weight excluding hydrogens is 294 g/mol. The van der Waals surface area contributed by atoms with Crippen LogP contribution < -0.4 is 4.74 Å². The van der Waals surface area contributed by atoms with Gasteiger partial charge < -0.3 is 9.15 Å². The van der Waals surface area contributed by atoms with Gasteiger partial charge in [-0.25, -0.2) is 4.68 Å². The summed E-state index contributed by atoms with van der Waals surface area (Å²) in [6.07, 6.45) is 0. The molecule has 2 aromatic carbocycles. The lowest BCUT2D eigenvalue weighted by Crippen LogP contribution is -2.02. The van der Waals surface area contributed by atoms with Crippen LogP contribution in [0.3, 0.4) is 0 Å². The van der Waals surface area contributed by atoms with Crippen LogP contribution in [-0.4, -0.2) is 32.3 Å². The van der Waals surface area contributed by atoms with Crippen molar-refractivity contribution in [1.29, 1.82) is 0 Å². The van der Waals surface area contributed by atoms with Crippen LogP contribution in [0.4, 0.5) is 0 Å². The third kappa shape index (κ3) is 2.52. The minimum atomic E-state index is 0.373. The number of hydrogen-bond acceptors (Lipinski definition) is 6. The van der Waals surface area contributed by atoms with Gasteiger partial charge in [-0.15, -0.1) is 15.3 Å². The molecule has 2 aromatic heterocycles. The zero-order valence-corrected chi connectivity index (χ0v) is 12.4. The normalized spacial score (nSPS) is 11.0. The van der Waals surface area contributed by atoms with E-state index in [1.165, 1.54) is 0 Å². The fourth-order valence-corrected chi connectivity index (χ4v) is 2.35. The molecule has 0 saturated heterocycles. The monoisotopic (exact) mass is 307 g/mol. The van der Waals surface area contributed by atoms with Gasteiger partial charge in [0.15, 0.2) is 0 Å². The molecule has 2 heterocycles. The number of benzene rings is 2. The Labute approximate surface area is 131 Å². The lowest BCUT2D eigenvalue weighted by Gasteiger charge is -2.00. The highest BCUT2D eigenvalue weighted by atomic mass is 16.5. The Kier molecular flexibility index (Phi) is 3.23. The van der Waals surface area contributed by atoms with Crippen LogP contribution in [0.1, 0.15) is 5.89 Å². The fourth-order valence-electron chi connectivity index (χ4n) is 2.35. The van der Waals surface area contributed by atoms with E-state index in [1.807, 2.05) is 48.5 Å². The average Bonchev–Trinajstić information content (AvgIpc) is 3.23. The van der Waals surface area contributed by atoms with Crippen molar-refractivity contribution in [3.8, 4) is 17.2 Å². The van der Waals surface area contributed by atoms with Gasteiger partial charge in [-0.1, -0.05) is 23.4 Å². The van der Waals surface area contributed by atoms with E-state index >= 15 is 0 Å². The third-order valence-corrected chi connectivity index (χ3v) is 3.49. The highest BCUT2D eigenvalue weighted by molar-refractivity contribution is 5.73. The summed E-state index contributed by atoms with van der Waals surface area (Å²) >= 11 is 0. The van der Waals surface area contributed by atoms with Gasteiger partial charge in [0.1, 0.15) is 17.8 Å². The zero-order valence-electron chi connectivity index (χ0n) is 12.4. The van der Waals surface area contributed by atoms with Crippen molar-refractivity contribution in [3.63, 3.8) is 0 Å². The molecule has 4 aromatic rings. The maximum atomic E-state index is 5.73. The number of hydrogen-bond donors (Lipinski definition) is 0. The summed E-state index contributed by atoms with van der Waals surface area (Å²) < 4.78 is 12.7. The summed E-state index contributed by atoms with van der Waals surface area (Å²) in [4.78, 5) is 0. The Balaban J connectivity index is 1.63. The fraction of sp³-hybridized carbons (Fsp3) is 0.125. The summed E-state index contributed by atoms with van der Waals surface area (Å²) in [5.41, 5.74) is 2.57. The first kappa shape index (κ1) is 13.4. The number of para-hydroxylation sites is 1. The largest absolute Gasteiger partial charge is 0.497 e. The molecule has 0 aliphatic rings. The number of methoxy groups -OCH3 is 1. The minimum absolute atomic E-state index is 0.373. The molecular formula is C16H13N5O2. The van der Waals surface area contributed by atoms with Crippen molar-refractivity contribution < 1.29 is 9.15 Å². The Morgan fingerprint density at radius 3 is 2.87 bits per heavy atom. The summed E-state index contributed by atoms with van der Waals surface area (Å²) in [7, 11) is 1.62. The maximum absolute atomic E-state index is 5.73. The molecule has 0 radical (unpaired) electrons. The second kappa shape index (κ2) is 5.53. The molecule has 0 aliphatic carbocycles. The number of ether oxygens (including phenoxy) is 1. The Morgan fingerprint density at radius 1 is 1.04 bits per heavy atom. The highest BCUT2D eigenvalue weighted by Gasteiger charge is 2.12. The summed E-state index contributed by atoms with van der Waals surface area (Å²) in [5, 5.41) is 16.4. The number of nitrogens with zero attached hydrogens (tertiary/aromatic N) is 5. The van der Waals surface area contributed by atoms with Crippen molar-refractivity contribution in [2.75, 3.05) is 7.11 Å². The van der Waals surface area contributed by atoms with Crippen molar-refractivity contribution in [2.24, 2.45) is 0 Å². The van der Waals surface area contributed by atoms with Crippen molar-refractivity contribution in [1.82, 2.24) is 25.2 Å². The van der Waals surface area contributed by atoms with Gasteiger partial charge in [0, 0.05) is 5.56 Å². The zero-order chi connectivity index (χ0) is 15.6. The lowest BCUT2D eigenvalue weighted by molar-refractivity contribution is 0.414. The van der Waals surface area contributed by atoms with E-state index in [0.717, 1.165) is 22.3 Å². The number of aromatic nitrogens is 5. The van der Waals surface area contributed by atoms with Gasteiger partial charge >= 0.3 is 0 Å². The second-order valence-corrected chi connectivity index (χ2v) is 4.97. The molecule has 0 amide bonds. The smallest absolute Gasteiger partial charge is 0.247 e. The van der Waals surface area contributed by atoms with Crippen LogP contribution in [0.15, 0.2) is 52.9 Å². The molecule has 7 nitrogen and oxygen atoms in total. The second-order valence-electron chi connectivity index (χ2n) is 4.97. The SMILES string of the molecule is COc1cccc(-c2nnc(Cn3nnc4ccccc43)o2)c1. The predicted octanol–water partition coefficient (Wildman–Crippen LogP) is 2.54. The number of rotatable bonds is 4.